The van der Waals surface area contributed by atoms with E-state index in [0.29, 0.717) is 25.0 Å². The van der Waals surface area contributed by atoms with Gasteiger partial charge in [0.1, 0.15) is 0 Å². The van der Waals surface area contributed by atoms with Crippen LogP contribution in [-0.4, -0.2) is 73.4 Å². The van der Waals surface area contributed by atoms with Crippen molar-refractivity contribution >= 4 is 5.91 Å². The maximum absolute atomic E-state index is 12.2. The third-order valence-electron chi connectivity index (χ3n) is 5.34. The van der Waals surface area contributed by atoms with Gasteiger partial charge in [0.15, 0.2) is 0 Å². The highest BCUT2D eigenvalue weighted by molar-refractivity contribution is 5.76. The lowest BCUT2D eigenvalue weighted by molar-refractivity contribution is -0.150. The minimum atomic E-state index is -0.0157. The number of carbonyl (C=O) groups excluding carboxylic acids is 1. The number of hydrogen-bond acceptors (Lipinski definition) is 4. The Morgan fingerprint density at radius 2 is 1.81 bits per heavy atom. The van der Waals surface area contributed by atoms with E-state index in [0.717, 1.165) is 52.0 Å². The Morgan fingerprint density at radius 3 is 2.33 bits per heavy atom. The second kappa shape index (κ2) is 6.63. The van der Waals surface area contributed by atoms with Crippen molar-refractivity contribution in [3.63, 3.8) is 0 Å². The van der Waals surface area contributed by atoms with Crippen molar-refractivity contribution in [2.24, 2.45) is 11.3 Å². The van der Waals surface area contributed by atoms with Crippen molar-refractivity contribution in [1.82, 2.24) is 9.80 Å². The normalized spacial score (nSPS) is 26.8. The van der Waals surface area contributed by atoms with E-state index in [1.165, 1.54) is 12.8 Å². The average Bonchev–Trinajstić information content (AvgIpc) is 2.99. The molecule has 5 nitrogen and oxygen atoms in total. The summed E-state index contributed by atoms with van der Waals surface area (Å²) in [7, 11) is 0. The SMILES string of the molecule is O=C(CC1CCN(CC2(CO)COC2)CC1)N1CCCC1. The molecule has 3 fully saturated rings. The van der Waals surface area contributed by atoms with Crippen LogP contribution in [-0.2, 0) is 9.53 Å². The molecule has 21 heavy (non-hydrogen) atoms. The Balaban J connectivity index is 1.39. The van der Waals surface area contributed by atoms with E-state index < -0.39 is 0 Å². The minimum absolute atomic E-state index is 0.0157. The summed E-state index contributed by atoms with van der Waals surface area (Å²) in [5.41, 5.74) is -0.0157. The summed E-state index contributed by atoms with van der Waals surface area (Å²) in [6.45, 7) is 6.59. The monoisotopic (exact) mass is 296 g/mol. The van der Waals surface area contributed by atoms with Gasteiger partial charge in [-0.1, -0.05) is 0 Å². The van der Waals surface area contributed by atoms with Crippen LogP contribution < -0.4 is 0 Å². The molecule has 0 saturated carbocycles. The molecule has 1 N–H and O–H groups in total. The molecule has 0 radical (unpaired) electrons. The maximum Gasteiger partial charge on any atom is 0.222 e. The van der Waals surface area contributed by atoms with Gasteiger partial charge in [0, 0.05) is 26.1 Å². The molecule has 0 aromatic heterocycles. The van der Waals surface area contributed by atoms with Crippen LogP contribution in [0.2, 0.25) is 0 Å². The van der Waals surface area contributed by atoms with Gasteiger partial charge < -0.3 is 19.6 Å². The van der Waals surface area contributed by atoms with Gasteiger partial charge in [0.2, 0.25) is 5.91 Å². The molecule has 0 aliphatic carbocycles. The van der Waals surface area contributed by atoms with Crippen LogP contribution in [0.25, 0.3) is 0 Å². The van der Waals surface area contributed by atoms with Crippen LogP contribution in [0, 0.1) is 11.3 Å². The minimum Gasteiger partial charge on any atom is -0.396 e. The number of rotatable bonds is 5. The smallest absolute Gasteiger partial charge is 0.222 e. The van der Waals surface area contributed by atoms with Gasteiger partial charge in [-0.15, -0.1) is 0 Å². The molecule has 0 atom stereocenters. The van der Waals surface area contributed by atoms with E-state index in [2.05, 4.69) is 4.90 Å². The summed E-state index contributed by atoms with van der Waals surface area (Å²) in [6, 6.07) is 0. The van der Waals surface area contributed by atoms with Crippen LogP contribution in [0.4, 0.5) is 0 Å². The quantitative estimate of drug-likeness (QED) is 0.812. The van der Waals surface area contributed by atoms with Crippen LogP contribution in [0.3, 0.4) is 0 Å². The van der Waals surface area contributed by atoms with Crippen molar-refractivity contribution < 1.29 is 14.6 Å². The van der Waals surface area contributed by atoms with E-state index >= 15 is 0 Å². The molecule has 3 rings (SSSR count). The molecule has 0 aromatic carbocycles. The molecule has 120 valence electrons. The second-order valence-corrected chi connectivity index (χ2v) is 7.16. The Bertz CT molecular complexity index is 351. The van der Waals surface area contributed by atoms with Crippen LogP contribution in [0.1, 0.15) is 32.1 Å². The highest BCUT2D eigenvalue weighted by Gasteiger charge is 2.40. The first-order chi connectivity index (χ1) is 10.2. The molecular weight excluding hydrogens is 268 g/mol. The Labute approximate surface area is 127 Å². The van der Waals surface area contributed by atoms with Crippen molar-refractivity contribution in [3.8, 4) is 0 Å². The molecule has 0 spiro atoms. The standard InChI is InChI=1S/C16H28N2O3/c19-11-16(12-21-13-16)10-17-7-3-14(4-8-17)9-15(20)18-5-1-2-6-18/h14,19H,1-13H2. The number of piperidine rings is 1. The van der Waals surface area contributed by atoms with E-state index in [1.54, 1.807) is 0 Å². The number of aliphatic hydroxyl groups is 1. The first kappa shape index (κ1) is 15.3. The second-order valence-electron chi connectivity index (χ2n) is 7.16. The predicted molar refractivity (Wildman–Crippen MR) is 79.9 cm³/mol. The summed E-state index contributed by atoms with van der Waals surface area (Å²) in [4.78, 5) is 16.7. The van der Waals surface area contributed by atoms with Crippen molar-refractivity contribution in [3.05, 3.63) is 0 Å². The molecule has 3 saturated heterocycles. The maximum atomic E-state index is 12.2. The molecule has 0 aromatic rings. The number of likely N-dealkylation sites (tertiary alicyclic amines) is 2. The molecule has 3 aliphatic rings. The predicted octanol–water partition coefficient (Wildman–Crippen LogP) is 0.720. The first-order valence-electron chi connectivity index (χ1n) is 8.39. The topological polar surface area (TPSA) is 53.0 Å². The van der Waals surface area contributed by atoms with Crippen LogP contribution in [0.5, 0.6) is 0 Å². The molecule has 1 amide bonds. The van der Waals surface area contributed by atoms with Crippen molar-refractivity contribution in [1.29, 1.82) is 0 Å². The third kappa shape index (κ3) is 3.58. The molecule has 5 heteroatoms. The number of aliphatic hydroxyl groups excluding tert-OH is 1. The van der Waals surface area contributed by atoms with Gasteiger partial charge in [0.05, 0.1) is 25.2 Å². The van der Waals surface area contributed by atoms with E-state index in [1.807, 2.05) is 4.90 Å². The van der Waals surface area contributed by atoms with Gasteiger partial charge in [-0.3, -0.25) is 4.79 Å². The molecule has 3 aliphatic heterocycles. The van der Waals surface area contributed by atoms with Gasteiger partial charge in [-0.05, 0) is 44.7 Å². The van der Waals surface area contributed by atoms with Gasteiger partial charge in [-0.2, -0.15) is 0 Å². The fourth-order valence-corrected chi connectivity index (χ4v) is 3.79. The number of amides is 1. The Kier molecular flexibility index (Phi) is 4.82. The van der Waals surface area contributed by atoms with Crippen molar-refractivity contribution in [2.75, 3.05) is 52.5 Å². The Hall–Kier alpha value is -0.650. The van der Waals surface area contributed by atoms with Crippen molar-refractivity contribution in [2.45, 2.75) is 32.1 Å². The Morgan fingerprint density at radius 1 is 1.14 bits per heavy atom. The fraction of sp³-hybridized carbons (Fsp3) is 0.938. The number of hydrogen-bond donors (Lipinski definition) is 1. The van der Waals surface area contributed by atoms with Crippen LogP contribution in [0.15, 0.2) is 0 Å². The van der Waals surface area contributed by atoms with E-state index in [9.17, 15) is 9.90 Å². The summed E-state index contributed by atoms with van der Waals surface area (Å²) in [6.07, 6.45) is 5.32. The third-order valence-corrected chi connectivity index (χ3v) is 5.34. The average molecular weight is 296 g/mol. The molecule has 0 unspecified atom stereocenters. The summed E-state index contributed by atoms with van der Waals surface area (Å²) in [5, 5.41) is 9.50. The van der Waals surface area contributed by atoms with E-state index in [4.69, 9.17) is 4.74 Å². The lowest BCUT2D eigenvalue weighted by Gasteiger charge is -2.45. The highest BCUT2D eigenvalue weighted by atomic mass is 16.5. The zero-order chi connectivity index (χ0) is 14.7. The largest absolute Gasteiger partial charge is 0.396 e. The molecular formula is C16H28N2O3. The summed E-state index contributed by atoms with van der Waals surface area (Å²) < 4.78 is 5.26. The fourth-order valence-electron chi connectivity index (χ4n) is 3.79. The van der Waals surface area contributed by atoms with E-state index in [-0.39, 0.29) is 12.0 Å². The lowest BCUT2D eigenvalue weighted by atomic mass is 9.84. The zero-order valence-corrected chi connectivity index (χ0v) is 12.9. The number of carbonyl (C=O) groups is 1. The summed E-state index contributed by atoms with van der Waals surface area (Å²) in [5.74, 6) is 0.919. The molecule has 3 heterocycles. The van der Waals surface area contributed by atoms with Gasteiger partial charge in [-0.25, -0.2) is 0 Å². The van der Waals surface area contributed by atoms with Crippen LogP contribution >= 0.6 is 0 Å². The number of nitrogens with zero attached hydrogens (tertiary/aromatic N) is 2. The highest BCUT2D eigenvalue weighted by Crippen LogP contribution is 2.30. The zero-order valence-electron chi connectivity index (χ0n) is 12.9. The van der Waals surface area contributed by atoms with Gasteiger partial charge in [0.25, 0.3) is 0 Å². The number of ether oxygens (including phenoxy) is 1. The first-order valence-corrected chi connectivity index (χ1v) is 8.39. The molecule has 0 bridgehead atoms. The van der Waals surface area contributed by atoms with Gasteiger partial charge >= 0.3 is 0 Å². The lowest BCUT2D eigenvalue weighted by Crippen LogP contribution is -2.54. The summed E-state index contributed by atoms with van der Waals surface area (Å²) >= 11 is 0.